The molecule has 4 aromatic rings. The standard InChI is InChI=1S/C23H24N4O2/c1-28-20-5-2-4-18(14-20)19-7-8-22-24-23(25-27(22)15-19)17-9-11-26(12-10-17)16-21-6-3-13-29-21/h2-8,13-15,17H,9-12,16H2,1H3. The molecule has 0 bridgehead atoms. The van der Waals surface area contributed by atoms with Crippen molar-refractivity contribution in [2.45, 2.75) is 25.3 Å². The van der Waals surface area contributed by atoms with Gasteiger partial charge in [0.05, 0.1) is 19.9 Å². The summed E-state index contributed by atoms with van der Waals surface area (Å²) in [6.07, 6.45) is 5.93. The molecule has 4 heterocycles. The van der Waals surface area contributed by atoms with Crippen LogP contribution in [0.4, 0.5) is 0 Å². The molecule has 6 nitrogen and oxygen atoms in total. The fourth-order valence-corrected chi connectivity index (χ4v) is 4.02. The molecule has 0 amide bonds. The second kappa shape index (κ2) is 7.72. The van der Waals surface area contributed by atoms with Crippen molar-refractivity contribution in [2.24, 2.45) is 0 Å². The highest BCUT2D eigenvalue weighted by Crippen LogP contribution is 2.28. The SMILES string of the molecule is COc1cccc(-c2ccc3nc(C4CCN(Cc5ccco5)CC4)nn3c2)c1. The van der Waals surface area contributed by atoms with Crippen LogP contribution >= 0.6 is 0 Å². The molecule has 0 unspecified atom stereocenters. The Balaban J connectivity index is 1.31. The van der Waals surface area contributed by atoms with E-state index in [4.69, 9.17) is 19.2 Å². The number of hydrogen-bond acceptors (Lipinski definition) is 5. The maximum atomic E-state index is 5.47. The van der Waals surface area contributed by atoms with E-state index in [-0.39, 0.29) is 0 Å². The Labute approximate surface area is 169 Å². The fraction of sp³-hybridized carbons (Fsp3) is 0.304. The molecule has 3 aromatic heterocycles. The highest BCUT2D eigenvalue weighted by Gasteiger charge is 2.24. The van der Waals surface area contributed by atoms with Crippen LogP contribution in [0.1, 0.15) is 30.3 Å². The van der Waals surface area contributed by atoms with Crippen LogP contribution in [-0.2, 0) is 6.54 Å². The van der Waals surface area contributed by atoms with Gasteiger partial charge in [-0.2, -0.15) is 5.10 Å². The zero-order valence-corrected chi connectivity index (χ0v) is 16.5. The molecular weight excluding hydrogens is 364 g/mol. The summed E-state index contributed by atoms with van der Waals surface area (Å²) < 4.78 is 12.7. The highest BCUT2D eigenvalue weighted by molar-refractivity contribution is 5.65. The van der Waals surface area contributed by atoms with Crippen molar-refractivity contribution in [3.63, 3.8) is 0 Å². The van der Waals surface area contributed by atoms with Crippen molar-refractivity contribution >= 4 is 5.65 Å². The second-order valence-electron chi connectivity index (χ2n) is 7.55. The number of rotatable bonds is 5. The van der Waals surface area contributed by atoms with Gasteiger partial charge >= 0.3 is 0 Å². The predicted molar refractivity (Wildman–Crippen MR) is 111 cm³/mol. The molecule has 0 aliphatic carbocycles. The number of piperidine rings is 1. The molecule has 0 spiro atoms. The van der Waals surface area contributed by atoms with E-state index in [1.807, 2.05) is 47.1 Å². The van der Waals surface area contributed by atoms with E-state index in [1.165, 1.54) is 0 Å². The van der Waals surface area contributed by atoms with E-state index < -0.39 is 0 Å². The molecule has 1 aliphatic rings. The Hall–Kier alpha value is -3.12. The first-order chi connectivity index (χ1) is 14.3. The van der Waals surface area contributed by atoms with Crippen molar-refractivity contribution in [2.75, 3.05) is 20.2 Å². The number of likely N-dealkylation sites (tertiary alicyclic amines) is 1. The molecule has 0 radical (unpaired) electrons. The minimum Gasteiger partial charge on any atom is -0.497 e. The molecular formula is C23H24N4O2. The first-order valence-electron chi connectivity index (χ1n) is 10.0. The second-order valence-corrected chi connectivity index (χ2v) is 7.55. The third kappa shape index (κ3) is 3.76. The summed E-state index contributed by atoms with van der Waals surface area (Å²) in [5, 5.41) is 4.80. The molecule has 1 saturated heterocycles. The Kier molecular flexibility index (Phi) is 4.77. The molecule has 1 fully saturated rings. The third-order valence-electron chi connectivity index (χ3n) is 5.66. The number of ether oxygens (including phenoxy) is 1. The zero-order valence-electron chi connectivity index (χ0n) is 16.5. The summed E-state index contributed by atoms with van der Waals surface area (Å²) >= 11 is 0. The topological polar surface area (TPSA) is 55.8 Å². The molecule has 148 valence electrons. The van der Waals surface area contributed by atoms with Crippen LogP contribution in [0, 0.1) is 0 Å². The number of nitrogens with zero attached hydrogens (tertiary/aromatic N) is 4. The summed E-state index contributed by atoms with van der Waals surface area (Å²) in [5.41, 5.74) is 3.10. The van der Waals surface area contributed by atoms with Crippen molar-refractivity contribution in [3.05, 3.63) is 72.6 Å². The van der Waals surface area contributed by atoms with E-state index in [1.54, 1.807) is 13.4 Å². The fourth-order valence-electron chi connectivity index (χ4n) is 4.02. The van der Waals surface area contributed by atoms with Gasteiger partial charge in [-0.25, -0.2) is 9.50 Å². The lowest BCUT2D eigenvalue weighted by atomic mass is 9.96. The van der Waals surface area contributed by atoms with Crippen LogP contribution in [-0.4, -0.2) is 39.7 Å². The molecule has 6 heteroatoms. The minimum atomic E-state index is 0.406. The van der Waals surface area contributed by atoms with Crippen LogP contribution in [0.15, 0.2) is 65.4 Å². The average molecular weight is 388 g/mol. The number of pyridine rings is 1. The minimum absolute atomic E-state index is 0.406. The average Bonchev–Trinajstić information content (AvgIpc) is 3.43. The van der Waals surface area contributed by atoms with Crippen LogP contribution in [0.2, 0.25) is 0 Å². The molecule has 0 atom stereocenters. The highest BCUT2D eigenvalue weighted by atomic mass is 16.5. The number of aromatic nitrogens is 3. The van der Waals surface area contributed by atoms with Crippen molar-refractivity contribution in [1.82, 2.24) is 19.5 Å². The number of furan rings is 1. The van der Waals surface area contributed by atoms with Gasteiger partial charge in [-0.15, -0.1) is 0 Å². The number of hydrogen-bond donors (Lipinski definition) is 0. The van der Waals surface area contributed by atoms with E-state index in [9.17, 15) is 0 Å². The van der Waals surface area contributed by atoms with E-state index in [0.29, 0.717) is 5.92 Å². The van der Waals surface area contributed by atoms with Gasteiger partial charge in [-0.05, 0) is 67.9 Å². The molecule has 5 rings (SSSR count). The van der Waals surface area contributed by atoms with E-state index in [0.717, 1.165) is 66.6 Å². The summed E-state index contributed by atoms with van der Waals surface area (Å²) in [6.45, 7) is 2.95. The van der Waals surface area contributed by atoms with Crippen LogP contribution in [0.25, 0.3) is 16.8 Å². The summed E-state index contributed by atoms with van der Waals surface area (Å²) in [7, 11) is 1.69. The first kappa shape index (κ1) is 17.9. The van der Waals surface area contributed by atoms with Gasteiger partial charge in [-0.1, -0.05) is 12.1 Å². The Morgan fingerprint density at radius 1 is 1.07 bits per heavy atom. The Morgan fingerprint density at radius 2 is 1.97 bits per heavy atom. The van der Waals surface area contributed by atoms with Gasteiger partial charge in [0.1, 0.15) is 11.5 Å². The van der Waals surface area contributed by atoms with Crippen molar-refractivity contribution in [1.29, 1.82) is 0 Å². The van der Waals surface area contributed by atoms with Crippen molar-refractivity contribution < 1.29 is 9.15 Å². The van der Waals surface area contributed by atoms with Crippen LogP contribution in [0.5, 0.6) is 5.75 Å². The Bertz CT molecular complexity index is 1100. The lowest BCUT2D eigenvalue weighted by Crippen LogP contribution is -2.32. The zero-order chi connectivity index (χ0) is 19.6. The normalized spacial score (nSPS) is 15.8. The predicted octanol–water partition coefficient (Wildman–Crippen LogP) is 4.38. The van der Waals surface area contributed by atoms with Crippen molar-refractivity contribution in [3.8, 4) is 16.9 Å². The van der Waals surface area contributed by atoms with Gasteiger partial charge < -0.3 is 9.15 Å². The van der Waals surface area contributed by atoms with E-state index in [2.05, 4.69) is 17.0 Å². The monoisotopic (exact) mass is 388 g/mol. The molecule has 1 aromatic carbocycles. The van der Waals surface area contributed by atoms with Gasteiger partial charge in [-0.3, -0.25) is 4.90 Å². The van der Waals surface area contributed by atoms with E-state index >= 15 is 0 Å². The number of fused-ring (bicyclic) bond motifs is 1. The third-order valence-corrected chi connectivity index (χ3v) is 5.66. The lowest BCUT2D eigenvalue weighted by Gasteiger charge is -2.29. The maximum absolute atomic E-state index is 5.47. The van der Waals surface area contributed by atoms with Gasteiger partial charge in [0.2, 0.25) is 0 Å². The summed E-state index contributed by atoms with van der Waals surface area (Å²) in [6, 6.07) is 16.2. The quantitative estimate of drug-likeness (QED) is 0.508. The molecule has 0 saturated carbocycles. The lowest BCUT2D eigenvalue weighted by molar-refractivity contribution is 0.188. The van der Waals surface area contributed by atoms with Crippen LogP contribution in [0.3, 0.4) is 0 Å². The first-order valence-corrected chi connectivity index (χ1v) is 10.0. The number of methoxy groups -OCH3 is 1. The summed E-state index contributed by atoms with van der Waals surface area (Å²) in [5.74, 6) is 3.23. The van der Waals surface area contributed by atoms with Gasteiger partial charge in [0.15, 0.2) is 11.5 Å². The number of benzene rings is 1. The smallest absolute Gasteiger partial charge is 0.155 e. The van der Waals surface area contributed by atoms with Gasteiger partial charge in [0, 0.05) is 17.7 Å². The summed E-state index contributed by atoms with van der Waals surface area (Å²) in [4.78, 5) is 7.23. The van der Waals surface area contributed by atoms with Gasteiger partial charge in [0.25, 0.3) is 0 Å². The Morgan fingerprint density at radius 3 is 2.76 bits per heavy atom. The van der Waals surface area contributed by atoms with Crippen LogP contribution < -0.4 is 4.74 Å². The molecule has 29 heavy (non-hydrogen) atoms. The molecule has 1 aliphatic heterocycles. The maximum Gasteiger partial charge on any atom is 0.155 e. The molecule has 0 N–H and O–H groups in total. The largest absolute Gasteiger partial charge is 0.497 e.